The zero-order chi connectivity index (χ0) is 18.7. The van der Waals surface area contributed by atoms with E-state index >= 15 is 0 Å². The summed E-state index contributed by atoms with van der Waals surface area (Å²) in [6.45, 7) is 7.56. The van der Waals surface area contributed by atoms with Crippen molar-refractivity contribution in [1.29, 1.82) is 0 Å². The molecule has 2 N–H and O–H groups in total. The first-order chi connectivity index (χ1) is 12.5. The fraction of sp³-hybridized carbons (Fsp3) is 0.167. The predicted molar refractivity (Wildman–Crippen MR) is 97.8 cm³/mol. The highest BCUT2D eigenvalue weighted by Crippen LogP contribution is 2.18. The van der Waals surface area contributed by atoms with Gasteiger partial charge < -0.3 is 10.1 Å². The summed E-state index contributed by atoms with van der Waals surface area (Å²) >= 11 is 0. The van der Waals surface area contributed by atoms with Gasteiger partial charge in [-0.1, -0.05) is 30.9 Å². The van der Waals surface area contributed by atoms with E-state index in [2.05, 4.69) is 31.6 Å². The van der Waals surface area contributed by atoms with Crippen LogP contribution in [0, 0.1) is 6.92 Å². The molecule has 0 aliphatic heterocycles. The lowest BCUT2D eigenvalue weighted by Crippen LogP contribution is -2.10. The number of aromatic amines is 1. The number of nitrogens with zero attached hydrogens (tertiary/aromatic N) is 5. The van der Waals surface area contributed by atoms with Crippen LogP contribution < -0.4 is 5.56 Å². The lowest BCUT2D eigenvalue weighted by molar-refractivity contribution is 0.463. The third-order valence-corrected chi connectivity index (χ3v) is 3.65. The lowest BCUT2D eigenvalue weighted by atomic mass is 10.1. The Morgan fingerprint density at radius 1 is 1.42 bits per heavy atom. The van der Waals surface area contributed by atoms with Crippen LogP contribution in [-0.4, -0.2) is 34.7 Å². The van der Waals surface area contributed by atoms with Crippen molar-refractivity contribution in [2.24, 2.45) is 0 Å². The molecular weight excluding hydrogens is 332 g/mol. The predicted octanol–water partition coefficient (Wildman–Crippen LogP) is 2.12. The molecule has 0 atom stereocenters. The molecule has 3 heterocycles. The Balaban J connectivity index is 2.16. The summed E-state index contributed by atoms with van der Waals surface area (Å²) < 4.78 is 1.61. The molecule has 0 aliphatic rings. The van der Waals surface area contributed by atoms with E-state index in [1.807, 2.05) is 25.2 Å². The number of rotatable bonds is 5. The minimum Gasteiger partial charge on any atom is -0.502 e. The average Bonchev–Trinajstić information content (AvgIpc) is 3.01. The number of H-pyrrole nitrogens is 1. The average molecular weight is 350 g/mol. The second kappa shape index (κ2) is 7.14. The SMILES string of the molecule is C=C/C(=C\C=C/C)Cc1nc(-c2ncc(O)c(=O)[nH]2)cn2nc(C)nc12. The molecule has 0 saturated carbocycles. The van der Waals surface area contributed by atoms with Gasteiger partial charge in [0.05, 0.1) is 18.1 Å². The van der Waals surface area contributed by atoms with Gasteiger partial charge in [-0.3, -0.25) is 4.79 Å². The zero-order valence-electron chi connectivity index (χ0n) is 14.5. The molecule has 0 aliphatic carbocycles. The van der Waals surface area contributed by atoms with E-state index < -0.39 is 11.3 Å². The second-order valence-corrected chi connectivity index (χ2v) is 5.59. The van der Waals surface area contributed by atoms with Gasteiger partial charge in [-0.2, -0.15) is 5.10 Å². The maximum Gasteiger partial charge on any atom is 0.293 e. The minimum absolute atomic E-state index is 0.238. The first-order valence-corrected chi connectivity index (χ1v) is 7.97. The third-order valence-electron chi connectivity index (χ3n) is 3.65. The van der Waals surface area contributed by atoms with E-state index in [1.165, 1.54) is 0 Å². The topological polar surface area (TPSA) is 109 Å². The van der Waals surface area contributed by atoms with E-state index in [4.69, 9.17) is 0 Å². The second-order valence-electron chi connectivity index (χ2n) is 5.59. The van der Waals surface area contributed by atoms with E-state index in [-0.39, 0.29) is 5.82 Å². The number of hydrogen-bond donors (Lipinski definition) is 2. The van der Waals surface area contributed by atoms with Crippen LogP contribution >= 0.6 is 0 Å². The molecule has 0 amide bonds. The van der Waals surface area contributed by atoms with Crippen LogP contribution in [0.3, 0.4) is 0 Å². The standard InChI is InChI=1S/C18H18N6O2/c1-4-6-7-12(5-2)8-13-17-20-11(3)23-24(17)10-14(21-13)16-19-9-15(25)18(26)22-16/h4-7,9-10,25H,2,8H2,1,3H3,(H,19,22,26)/b6-4-,12-7+. The van der Waals surface area contributed by atoms with E-state index in [9.17, 15) is 9.90 Å². The molecular formula is C18H18N6O2. The molecule has 8 nitrogen and oxygen atoms in total. The van der Waals surface area contributed by atoms with Crippen LogP contribution in [0.4, 0.5) is 0 Å². The van der Waals surface area contributed by atoms with Crippen LogP contribution in [0.25, 0.3) is 17.2 Å². The van der Waals surface area contributed by atoms with Crippen molar-refractivity contribution in [3.8, 4) is 17.3 Å². The van der Waals surface area contributed by atoms with Crippen molar-refractivity contribution in [1.82, 2.24) is 29.5 Å². The molecule has 3 aromatic heterocycles. The van der Waals surface area contributed by atoms with Gasteiger partial charge in [0.25, 0.3) is 5.56 Å². The molecule has 0 unspecified atom stereocenters. The summed E-state index contributed by atoms with van der Waals surface area (Å²) in [5, 5.41) is 13.7. The molecule has 132 valence electrons. The highest BCUT2D eigenvalue weighted by atomic mass is 16.3. The van der Waals surface area contributed by atoms with Crippen molar-refractivity contribution in [3.05, 3.63) is 70.7 Å². The van der Waals surface area contributed by atoms with Gasteiger partial charge in [0.15, 0.2) is 17.2 Å². The maximum atomic E-state index is 11.7. The first kappa shape index (κ1) is 17.3. The molecule has 0 bridgehead atoms. The molecule has 0 radical (unpaired) electrons. The lowest BCUT2D eigenvalue weighted by Gasteiger charge is -2.07. The number of allylic oxidation sites excluding steroid dienone is 5. The van der Waals surface area contributed by atoms with Crippen LogP contribution in [0.2, 0.25) is 0 Å². The summed E-state index contributed by atoms with van der Waals surface area (Å²) in [5.41, 5.74) is 2.05. The fourth-order valence-electron chi connectivity index (χ4n) is 2.42. The van der Waals surface area contributed by atoms with Crippen molar-refractivity contribution in [3.63, 3.8) is 0 Å². The normalized spacial score (nSPS) is 12.2. The van der Waals surface area contributed by atoms with Crippen molar-refractivity contribution in [2.45, 2.75) is 20.3 Å². The van der Waals surface area contributed by atoms with Crippen molar-refractivity contribution < 1.29 is 5.11 Å². The number of nitrogens with one attached hydrogen (secondary N) is 1. The van der Waals surface area contributed by atoms with Crippen molar-refractivity contribution in [2.75, 3.05) is 0 Å². The van der Waals surface area contributed by atoms with Crippen LogP contribution in [0.15, 0.2) is 53.6 Å². The van der Waals surface area contributed by atoms with Gasteiger partial charge in [-0.25, -0.2) is 19.5 Å². The molecule has 0 saturated heterocycles. The highest BCUT2D eigenvalue weighted by Gasteiger charge is 2.14. The zero-order valence-corrected chi connectivity index (χ0v) is 14.5. The third kappa shape index (κ3) is 3.44. The Labute approximate surface area is 149 Å². The number of hydrogen-bond acceptors (Lipinski definition) is 6. The molecule has 8 heteroatoms. The Hall–Kier alpha value is -3.55. The maximum absolute atomic E-state index is 11.7. The molecule has 0 fully saturated rings. The molecule has 0 aromatic carbocycles. The van der Waals surface area contributed by atoms with Crippen LogP contribution in [0.1, 0.15) is 18.4 Å². The van der Waals surface area contributed by atoms with Crippen LogP contribution in [0.5, 0.6) is 5.75 Å². The molecule has 3 aromatic rings. The van der Waals surface area contributed by atoms with Gasteiger partial charge in [-0.15, -0.1) is 0 Å². The Kier molecular flexibility index (Phi) is 4.74. The molecule has 0 spiro atoms. The first-order valence-electron chi connectivity index (χ1n) is 7.97. The highest BCUT2D eigenvalue weighted by molar-refractivity contribution is 5.55. The number of aromatic hydroxyl groups is 1. The van der Waals surface area contributed by atoms with Crippen molar-refractivity contribution >= 4 is 5.65 Å². The Morgan fingerprint density at radius 2 is 2.23 bits per heavy atom. The van der Waals surface area contributed by atoms with E-state index in [0.29, 0.717) is 29.3 Å². The smallest absolute Gasteiger partial charge is 0.293 e. The Morgan fingerprint density at radius 3 is 2.92 bits per heavy atom. The summed E-state index contributed by atoms with van der Waals surface area (Å²) in [6, 6.07) is 0. The Bertz CT molecular complexity index is 1090. The summed E-state index contributed by atoms with van der Waals surface area (Å²) in [7, 11) is 0. The molecule has 3 rings (SSSR count). The number of aromatic nitrogens is 6. The minimum atomic E-state index is -0.632. The van der Waals surface area contributed by atoms with Gasteiger partial charge in [-0.05, 0) is 19.4 Å². The fourth-order valence-corrected chi connectivity index (χ4v) is 2.42. The van der Waals surface area contributed by atoms with Gasteiger partial charge >= 0.3 is 0 Å². The summed E-state index contributed by atoms with van der Waals surface area (Å²) in [5.74, 6) is 0.395. The molecule has 26 heavy (non-hydrogen) atoms. The summed E-state index contributed by atoms with van der Waals surface area (Å²) in [6.07, 6.45) is 10.8. The monoisotopic (exact) mass is 350 g/mol. The quantitative estimate of drug-likeness (QED) is 0.682. The van der Waals surface area contributed by atoms with Crippen LogP contribution in [-0.2, 0) is 6.42 Å². The number of fused-ring (bicyclic) bond motifs is 1. The number of aryl methyl sites for hydroxylation is 1. The van der Waals surface area contributed by atoms with Gasteiger partial charge in [0, 0.05) is 6.42 Å². The summed E-state index contributed by atoms with van der Waals surface area (Å²) in [4.78, 5) is 27.2. The van der Waals surface area contributed by atoms with Gasteiger partial charge in [0.1, 0.15) is 11.5 Å². The largest absolute Gasteiger partial charge is 0.502 e. The van der Waals surface area contributed by atoms with E-state index in [0.717, 1.165) is 11.8 Å². The van der Waals surface area contributed by atoms with Gasteiger partial charge in [0.2, 0.25) is 0 Å². The van der Waals surface area contributed by atoms with E-state index in [1.54, 1.807) is 23.7 Å².